The summed E-state index contributed by atoms with van der Waals surface area (Å²) in [6, 6.07) is 9.75. The maximum atomic E-state index is 13.1. The Balaban J connectivity index is 2.17. The summed E-state index contributed by atoms with van der Waals surface area (Å²) in [5.74, 6) is 0.688. The molecule has 0 N–H and O–H groups in total. The van der Waals surface area contributed by atoms with Crippen LogP contribution >= 0.6 is 0 Å². The van der Waals surface area contributed by atoms with Gasteiger partial charge in [0.2, 0.25) is 0 Å². The zero-order valence-corrected chi connectivity index (χ0v) is 15.0. The summed E-state index contributed by atoms with van der Waals surface area (Å²) in [7, 11) is 1.63. The van der Waals surface area contributed by atoms with Crippen LogP contribution in [-0.4, -0.2) is 23.3 Å². The number of fused-ring (bicyclic) bond motifs is 1. The second kappa shape index (κ2) is 7.11. The summed E-state index contributed by atoms with van der Waals surface area (Å²) in [5.41, 5.74) is 3.48. The van der Waals surface area contributed by atoms with Crippen molar-refractivity contribution in [1.82, 2.24) is 9.55 Å². The highest BCUT2D eigenvalue weighted by Crippen LogP contribution is 2.34. The summed E-state index contributed by atoms with van der Waals surface area (Å²) in [6.45, 7) is 5.20. The van der Waals surface area contributed by atoms with Crippen molar-refractivity contribution in [2.75, 3.05) is 13.7 Å². The molecular formula is C20H21F3N2O. The summed E-state index contributed by atoms with van der Waals surface area (Å²) in [5, 5.41) is 0. The maximum Gasteiger partial charge on any atom is 0.416 e. The highest BCUT2D eigenvalue weighted by atomic mass is 19.4. The molecule has 0 spiro atoms. The van der Waals surface area contributed by atoms with Crippen molar-refractivity contribution in [3.63, 3.8) is 0 Å². The quantitative estimate of drug-likeness (QED) is 0.570. The van der Waals surface area contributed by atoms with Gasteiger partial charge in [0.25, 0.3) is 0 Å². The maximum absolute atomic E-state index is 13.1. The predicted molar refractivity (Wildman–Crippen MR) is 96.1 cm³/mol. The number of hydrogen-bond acceptors (Lipinski definition) is 2. The van der Waals surface area contributed by atoms with E-state index in [1.165, 1.54) is 6.07 Å². The number of nitrogens with zero attached hydrogens (tertiary/aromatic N) is 2. The Hall–Kier alpha value is -2.34. The van der Waals surface area contributed by atoms with Crippen molar-refractivity contribution < 1.29 is 17.9 Å². The van der Waals surface area contributed by atoms with Gasteiger partial charge in [0.15, 0.2) is 0 Å². The summed E-state index contributed by atoms with van der Waals surface area (Å²) >= 11 is 0. The van der Waals surface area contributed by atoms with E-state index in [1.54, 1.807) is 7.11 Å². The number of halogens is 3. The minimum Gasteiger partial charge on any atom is -0.385 e. The van der Waals surface area contributed by atoms with Gasteiger partial charge in [0.1, 0.15) is 5.82 Å². The minimum absolute atomic E-state index is 0.354. The van der Waals surface area contributed by atoms with Gasteiger partial charge in [-0.1, -0.05) is 23.8 Å². The molecule has 0 aliphatic heterocycles. The van der Waals surface area contributed by atoms with E-state index >= 15 is 0 Å². The lowest BCUT2D eigenvalue weighted by atomic mass is 10.1. The van der Waals surface area contributed by atoms with Crippen LogP contribution in [0.4, 0.5) is 13.2 Å². The predicted octanol–water partition coefficient (Wildman–Crippen LogP) is 5.38. The van der Waals surface area contributed by atoms with Crippen LogP contribution in [0.3, 0.4) is 0 Å². The molecule has 0 aliphatic rings. The first kappa shape index (κ1) is 18.5. The van der Waals surface area contributed by atoms with E-state index in [2.05, 4.69) is 11.1 Å². The third-order valence-corrected chi connectivity index (χ3v) is 4.43. The lowest BCUT2D eigenvalue weighted by Gasteiger charge is -2.12. The van der Waals surface area contributed by atoms with Crippen LogP contribution in [0.1, 0.15) is 23.1 Å². The first-order valence-electron chi connectivity index (χ1n) is 8.45. The minimum atomic E-state index is -4.38. The molecule has 26 heavy (non-hydrogen) atoms. The summed E-state index contributed by atoms with van der Waals surface area (Å²) in [6.07, 6.45) is -3.63. The van der Waals surface area contributed by atoms with Gasteiger partial charge in [-0.25, -0.2) is 4.98 Å². The molecule has 0 unspecified atom stereocenters. The molecule has 3 aromatic rings. The largest absolute Gasteiger partial charge is 0.416 e. The van der Waals surface area contributed by atoms with E-state index in [1.807, 2.05) is 30.5 Å². The SMILES string of the molecule is COCCCn1c(-c2ccc(C)cc2C)nc2cc(C(F)(F)F)ccc21. The number of methoxy groups -OCH3 is 1. The Labute approximate surface area is 150 Å². The Morgan fingerprint density at radius 1 is 1.08 bits per heavy atom. The van der Waals surface area contributed by atoms with E-state index in [-0.39, 0.29) is 0 Å². The van der Waals surface area contributed by atoms with Crippen LogP contribution in [0.5, 0.6) is 0 Å². The average Bonchev–Trinajstić information content (AvgIpc) is 2.92. The van der Waals surface area contributed by atoms with Crippen molar-refractivity contribution in [3.8, 4) is 11.4 Å². The van der Waals surface area contributed by atoms with E-state index in [9.17, 15) is 13.2 Å². The van der Waals surface area contributed by atoms with Gasteiger partial charge in [-0.2, -0.15) is 13.2 Å². The number of ether oxygens (including phenoxy) is 1. The lowest BCUT2D eigenvalue weighted by molar-refractivity contribution is -0.137. The number of benzene rings is 2. The molecule has 3 nitrogen and oxygen atoms in total. The van der Waals surface area contributed by atoms with E-state index in [0.717, 1.165) is 35.2 Å². The Kier molecular flexibility index (Phi) is 5.05. The molecule has 6 heteroatoms. The van der Waals surface area contributed by atoms with Crippen LogP contribution in [0, 0.1) is 13.8 Å². The van der Waals surface area contributed by atoms with Crippen LogP contribution in [0.25, 0.3) is 22.4 Å². The molecule has 0 bridgehead atoms. The Morgan fingerprint density at radius 2 is 1.85 bits per heavy atom. The molecule has 0 amide bonds. The van der Waals surface area contributed by atoms with Gasteiger partial charge < -0.3 is 9.30 Å². The number of alkyl halides is 3. The third-order valence-electron chi connectivity index (χ3n) is 4.43. The van der Waals surface area contributed by atoms with Crippen LogP contribution in [-0.2, 0) is 17.5 Å². The Morgan fingerprint density at radius 3 is 2.50 bits per heavy atom. The molecular weight excluding hydrogens is 341 g/mol. The molecule has 0 saturated heterocycles. The topological polar surface area (TPSA) is 27.1 Å². The molecule has 0 aliphatic carbocycles. The van der Waals surface area contributed by atoms with Gasteiger partial charge >= 0.3 is 6.18 Å². The normalized spacial score (nSPS) is 12.1. The molecule has 2 aromatic carbocycles. The van der Waals surface area contributed by atoms with Gasteiger partial charge in [-0.3, -0.25) is 0 Å². The highest BCUT2D eigenvalue weighted by Gasteiger charge is 2.31. The van der Waals surface area contributed by atoms with E-state index < -0.39 is 11.7 Å². The van der Waals surface area contributed by atoms with Crippen molar-refractivity contribution in [2.24, 2.45) is 0 Å². The molecule has 3 rings (SSSR count). The van der Waals surface area contributed by atoms with Crippen LogP contribution in [0.15, 0.2) is 36.4 Å². The van der Waals surface area contributed by atoms with Crippen molar-refractivity contribution in [2.45, 2.75) is 33.0 Å². The van der Waals surface area contributed by atoms with E-state index in [4.69, 9.17) is 4.74 Å². The van der Waals surface area contributed by atoms with Gasteiger partial charge in [-0.05, 0) is 44.0 Å². The van der Waals surface area contributed by atoms with Crippen molar-refractivity contribution in [1.29, 1.82) is 0 Å². The second-order valence-corrected chi connectivity index (χ2v) is 6.45. The summed E-state index contributed by atoms with van der Waals surface area (Å²) in [4.78, 5) is 4.55. The smallest absolute Gasteiger partial charge is 0.385 e. The van der Waals surface area contributed by atoms with Gasteiger partial charge in [0, 0.05) is 25.8 Å². The molecule has 0 fully saturated rings. The molecule has 1 aromatic heterocycles. The van der Waals surface area contributed by atoms with Gasteiger partial charge in [-0.15, -0.1) is 0 Å². The van der Waals surface area contributed by atoms with Crippen LogP contribution < -0.4 is 0 Å². The monoisotopic (exact) mass is 362 g/mol. The first-order chi connectivity index (χ1) is 12.3. The first-order valence-corrected chi connectivity index (χ1v) is 8.45. The van der Waals surface area contributed by atoms with Gasteiger partial charge in [0.05, 0.1) is 16.6 Å². The fourth-order valence-corrected chi connectivity index (χ4v) is 3.17. The molecule has 0 saturated carbocycles. The second-order valence-electron chi connectivity index (χ2n) is 6.45. The zero-order valence-electron chi connectivity index (χ0n) is 15.0. The third kappa shape index (κ3) is 3.60. The lowest BCUT2D eigenvalue weighted by Crippen LogP contribution is -2.05. The number of rotatable bonds is 5. The molecule has 0 radical (unpaired) electrons. The molecule has 138 valence electrons. The van der Waals surface area contributed by atoms with E-state index in [0.29, 0.717) is 30.0 Å². The Bertz CT molecular complexity index is 929. The number of aryl methyl sites for hydroxylation is 3. The zero-order chi connectivity index (χ0) is 18.9. The number of aromatic nitrogens is 2. The standard InChI is InChI=1S/C20H21F3N2O/c1-13-5-7-16(14(2)11-13)19-24-17-12-15(20(21,22)23)6-8-18(17)25(19)9-4-10-26-3/h5-8,11-12H,4,9-10H2,1-3H3. The highest BCUT2D eigenvalue weighted by molar-refractivity contribution is 5.82. The fourth-order valence-electron chi connectivity index (χ4n) is 3.17. The summed E-state index contributed by atoms with van der Waals surface area (Å²) < 4.78 is 46.3. The molecule has 1 heterocycles. The average molecular weight is 362 g/mol. The van der Waals surface area contributed by atoms with Crippen molar-refractivity contribution in [3.05, 3.63) is 53.1 Å². The van der Waals surface area contributed by atoms with Crippen LogP contribution in [0.2, 0.25) is 0 Å². The fraction of sp³-hybridized carbons (Fsp3) is 0.350. The molecule has 0 atom stereocenters. The number of imidazole rings is 1. The van der Waals surface area contributed by atoms with Crippen molar-refractivity contribution >= 4 is 11.0 Å². The number of hydrogen-bond donors (Lipinski definition) is 0.